The van der Waals surface area contributed by atoms with Crippen molar-refractivity contribution in [1.82, 2.24) is 4.98 Å². The van der Waals surface area contributed by atoms with Crippen LogP contribution in [0.2, 0.25) is 0 Å². The van der Waals surface area contributed by atoms with E-state index in [0.29, 0.717) is 22.6 Å². The van der Waals surface area contributed by atoms with Crippen LogP contribution >= 0.6 is 0 Å². The van der Waals surface area contributed by atoms with Crippen LogP contribution in [0.1, 0.15) is 19.4 Å². The van der Waals surface area contributed by atoms with Crippen LogP contribution in [0.3, 0.4) is 0 Å². The van der Waals surface area contributed by atoms with Crippen molar-refractivity contribution in [1.29, 1.82) is 0 Å². The number of nitrogens with zero attached hydrogens (tertiary/aromatic N) is 1. The van der Waals surface area contributed by atoms with Crippen LogP contribution in [0.5, 0.6) is 11.6 Å². The van der Waals surface area contributed by atoms with E-state index < -0.39 is 0 Å². The van der Waals surface area contributed by atoms with Crippen molar-refractivity contribution >= 4 is 0 Å². The molecule has 2 rings (SSSR count). The van der Waals surface area contributed by atoms with Crippen molar-refractivity contribution in [2.45, 2.75) is 20.8 Å². The largest absolute Gasteiger partial charge is 0.508 e. The van der Waals surface area contributed by atoms with Gasteiger partial charge in [-0.25, -0.2) is 9.37 Å². The van der Waals surface area contributed by atoms with Crippen molar-refractivity contribution in [3.8, 4) is 22.8 Å². The van der Waals surface area contributed by atoms with Crippen LogP contribution in [-0.2, 0) is 0 Å². The zero-order valence-electron chi connectivity index (χ0n) is 11.6. The third-order valence-electron chi connectivity index (χ3n) is 2.54. The molecule has 0 amide bonds. The molecule has 0 fully saturated rings. The van der Waals surface area contributed by atoms with Gasteiger partial charge in [-0.05, 0) is 36.2 Å². The van der Waals surface area contributed by atoms with Gasteiger partial charge in [-0.15, -0.1) is 0 Å². The fourth-order valence-corrected chi connectivity index (χ4v) is 1.57. The molecule has 19 heavy (non-hydrogen) atoms. The Morgan fingerprint density at radius 1 is 1.21 bits per heavy atom. The van der Waals surface area contributed by atoms with E-state index >= 15 is 0 Å². The van der Waals surface area contributed by atoms with Crippen LogP contribution in [0.25, 0.3) is 11.1 Å². The highest BCUT2D eigenvalue weighted by Gasteiger charge is 2.09. The molecule has 1 aromatic heterocycles. The molecule has 0 unspecified atom stereocenters. The first kappa shape index (κ1) is 15.0. The zero-order valence-corrected chi connectivity index (χ0v) is 11.6. The number of ether oxygens (including phenoxy) is 1. The van der Waals surface area contributed by atoms with Gasteiger partial charge in [0.25, 0.3) is 0 Å². The van der Waals surface area contributed by atoms with Gasteiger partial charge in [0.05, 0.1) is 7.11 Å². The van der Waals surface area contributed by atoms with Crippen LogP contribution in [0.4, 0.5) is 4.39 Å². The molecule has 3 nitrogen and oxygen atoms in total. The predicted molar refractivity (Wildman–Crippen MR) is 73.9 cm³/mol. The second-order valence-corrected chi connectivity index (χ2v) is 3.71. The highest BCUT2D eigenvalue weighted by Crippen LogP contribution is 2.30. The Balaban J connectivity index is 0.000000861. The minimum atomic E-state index is -0.381. The van der Waals surface area contributed by atoms with E-state index in [1.54, 1.807) is 19.1 Å². The Hall–Kier alpha value is -2.10. The first-order chi connectivity index (χ1) is 9.11. The van der Waals surface area contributed by atoms with Crippen molar-refractivity contribution in [2.24, 2.45) is 0 Å². The molecule has 0 atom stereocenters. The lowest BCUT2D eigenvalue weighted by Gasteiger charge is -2.07. The van der Waals surface area contributed by atoms with Gasteiger partial charge in [-0.3, -0.25) is 0 Å². The number of benzene rings is 1. The van der Waals surface area contributed by atoms with E-state index in [4.69, 9.17) is 4.74 Å². The van der Waals surface area contributed by atoms with Gasteiger partial charge in [0.2, 0.25) is 5.88 Å². The number of aromatic hydroxyl groups is 1. The predicted octanol–water partition coefficient (Wildman–Crippen LogP) is 3.94. The number of aromatic nitrogens is 1. The number of aryl methyl sites for hydroxylation is 1. The summed E-state index contributed by atoms with van der Waals surface area (Å²) in [5, 5.41) is 9.60. The van der Waals surface area contributed by atoms with E-state index in [9.17, 15) is 9.50 Å². The van der Waals surface area contributed by atoms with Crippen LogP contribution in [0, 0.1) is 12.7 Å². The highest BCUT2D eigenvalue weighted by atomic mass is 19.1. The monoisotopic (exact) mass is 263 g/mol. The molecule has 1 N–H and O–H groups in total. The second-order valence-electron chi connectivity index (χ2n) is 3.71. The Morgan fingerprint density at radius 3 is 2.53 bits per heavy atom. The molecule has 4 heteroatoms. The summed E-state index contributed by atoms with van der Waals surface area (Å²) in [5.41, 5.74) is 1.45. The molecule has 1 aromatic carbocycles. The summed E-state index contributed by atoms with van der Waals surface area (Å²) in [7, 11) is 1.50. The lowest BCUT2D eigenvalue weighted by Crippen LogP contribution is -1.90. The number of halogens is 1. The normalized spacial score (nSPS) is 9.53. The Labute approximate surface area is 112 Å². The average molecular weight is 263 g/mol. The summed E-state index contributed by atoms with van der Waals surface area (Å²) in [6.45, 7) is 5.65. The quantitative estimate of drug-likeness (QED) is 0.892. The second kappa shape index (κ2) is 6.73. The van der Waals surface area contributed by atoms with Crippen molar-refractivity contribution < 1.29 is 14.2 Å². The molecule has 1 heterocycles. The molecule has 0 saturated heterocycles. The van der Waals surface area contributed by atoms with Gasteiger partial charge in [0, 0.05) is 17.8 Å². The van der Waals surface area contributed by atoms with E-state index in [-0.39, 0.29) is 11.6 Å². The first-order valence-corrected chi connectivity index (χ1v) is 6.11. The molecule has 0 radical (unpaired) electrons. The molecule has 0 aliphatic rings. The maximum absolute atomic E-state index is 13.8. The molecule has 0 bridgehead atoms. The summed E-state index contributed by atoms with van der Waals surface area (Å²) in [4.78, 5) is 3.95. The number of hydrogen-bond donors (Lipinski definition) is 1. The number of pyridine rings is 1. The van der Waals surface area contributed by atoms with Crippen LogP contribution in [-0.4, -0.2) is 17.2 Å². The van der Waals surface area contributed by atoms with Gasteiger partial charge in [0.15, 0.2) is 0 Å². The minimum Gasteiger partial charge on any atom is -0.508 e. The molecule has 2 aromatic rings. The van der Waals surface area contributed by atoms with Gasteiger partial charge in [-0.1, -0.05) is 13.8 Å². The molecule has 0 aliphatic carbocycles. The average Bonchev–Trinajstić information content (AvgIpc) is 2.45. The Morgan fingerprint density at radius 2 is 1.89 bits per heavy atom. The van der Waals surface area contributed by atoms with E-state index in [0.717, 1.165) is 0 Å². The molecule has 0 spiro atoms. The third-order valence-corrected chi connectivity index (χ3v) is 2.54. The minimum absolute atomic E-state index is 0.0668. The number of phenols is 1. The molecule has 0 aliphatic heterocycles. The van der Waals surface area contributed by atoms with E-state index in [1.165, 1.54) is 25.4 Å². The maximum Gasteiger partial charge on any atom is 0.213 e. The summed E-state index contributed by atoms with van der Waals surface area (Å²) < 4.78 is 18.8. The summed E-state index contributed by atoms with van der Waals surface area (Å²) >= 11 is 0. The smallest absolute Gasteiger partial charge is 0.213 e. The van der Waals surface area contributed by atoms with Gasteiger partial charge < -0.3 is 9.84 Å². The lowest BCUT2D eigenvalue weighted by atomic mass is 10.0. The van der Waals surface area contributed by atoms with Gasteiger partial charge >= 0.3 is 0 Å². The van der Waals surface area contributed by atoms with Crippen molar-refractivity contribution in [2.75, 3.05) is 7.11 Å². The standard InChI is InChI=1S/C13H12FNO2.C2H6/c1-8-5-11(14)10(7-12(8)16)9-3-4-15-13(6-9)17-2;1-2/h3-7,16H,1-2H3;1-2H3. The SMILES string of the molecule is CC.COc1cc(-c2cc(O)c(C)cc2F)ccn1. The van der Waals surface area contributed by atoms with Crippen molar-refractivity contribution in [3.63, 3.8) is 0 Å². The Kier molecular flexibility index (Phi) is 5.30. The molecular weight excluding hydrogens is 245 g/mol. The Bertz CT molecular complexity index is 556. The maximum atomic E-state index is 13.8. The lowest BCUT2D eigenvalue weighted by molar-refractivity contribution is 0.398. The number of methoxy groups -OCH3 is 1. The van der Waals surface area contributed by atoms with Crippen LogP contribution < -0.4 is 4.74 Å². The fraction of sp³-hybridized carbons (Fsp3) is 0.267. The fourth-order valence-electron chi connectivity index (χ4n) is 1.57. The number of rotatable bonds is 2. The number of phenolic OH excluding ortho intramolecular Hbond substituents is 1. The molecule has 0 saturated carbocycles. The topological polar surface area (TPSA) is 42.4 Å². The van der Waals surface area contributed by atoms with E-state index in [1.807, 2.05) is 13.8 Å². The van der Waals surface area contributed by atoms with Gasteiger partial charge in [0.1, 0.15) is 11.6 Å². The summed E-state index contributed by atoms with van der Waals surface area (Å²) in [6, 6.07) is 5.99. The zero-order chi connectivity index (χ0) is 14.4. The third kappa shape index (κ3) is 3.44. The highest BCUT2D eigenvalue weighted by molar-refractivity contribution is 5.67. The van der Waals surface area contributed by atoms with Crippen molar-refractivity contribution in [3.05, 3.63) is 41.8 Å². The summed E-state index contributed by atoms with van der Waals surface area (Å²) in [5.74, 6) is 0.0905. The first-order valence-electron chi connectivity index (χ1n) is 6.11. The van der Waals surface area contributed by atoms with E-state index in [2.05, 4.69) is 4.98 Å². The van der Waals surface area contributed by atoms with Gasteiger partial charge in [-0.2, -0.15) is 0 Å². The number of hydrogen-bond acceptors (Lipinski definition) is 3. The van der Waals surface area contributed by atoms with Crippen LogP contribution in [0.15, 0.2) is 30.5 Å². The summed E-state index contributed by atoms with van der Waals surface area (Å²) in [6.07, 6.45) is 1.53. The molecular formula is C15H18FNO2. The molecule has 102 valence electrons.